The van der Waals surface area contributed by atoms with Gasteiger partial charge in [0.15, 0.2) is 0 Å². The molecule has 1 heterocycles. The minimum Gasteiger partial charge on any atom is -0.334 e. The van der Waals surface area contributed by atoms with Gasteiger partial charge in [0.1, 0.15) is 6.33 Å². The lowest BCUT2D eigenvalue weighted by atomic mass is 10.0. The molecule has 0 amide bonds. The first-order valence-corrected chi connectivity index (χ1v) is 8.48. The lowest BCUT2D eigenvalue weighted by molar-refractivity contribution is -0.383. The maximum Gasteiger partial charge on any atom is 0.355 e. The van der Waals surface area contributed by atoms with Crippen molar-refractivity contribution < 1.29 is 4.92 Å². The Balaban J connectivity index is 1.83. The van der Waals surface area contributed by atoms with E-state index in [2.05, 4.69) is 40.0 Å². The normalized spacial score (nSPS) is 10.5. The Morgan fingerprint density at radius 1 is 0.889 bits per heavy atom. The van der Waals surface area contributed by atoms with Gasteiger partial charge in [0.25, 0.3) is 0 Å². The molecule has 0 aliphatic rings. The summed E-state index contributed by atoms with van der Waals surface area (Å²) >= 11 is 0. The van der Waals surface area contributed by atoms with E-state index in [9.17, 15) is 10.1 Å². The van der Waals surface area contributed by atoms with Crippen LogP contribution in [0.25, 0.3) is 0 Å². The second kappa shape index (κ2) is 8.13. The van der Waals surface area contributed by atoms with Crippen molar-refractivity contribution in [2.24, 2.45) is 0 Å². The Hall–Kier alpha value is -3.68. The van der Waals surface area contributed by atoms with E-state index in [-0.39, 0.29) is 17.3 Å². The number of nitrogens with one attached hydrogen (secondary N) is 3. The Morgan fingerprint density at radius 3 is 2.19 bits per heavy atom. The molecule has 2 aromatic carbocycles. The molecule has 3 N–H and O–H groups in total. The highest BCUT2D eigenvalue weighted by Crippen LogP contribution is 2.31. The quantitative estimate of drug-likeness (QED) is 0.412. The molecule has 3 rings (SSSR count). The van der Waals surface area contributed by atoms with Gasteiger partial charge in [-0.1, -0.05) is 44.2 Å². The number of rotatable bonds is 7. The van der Waals surface area contributed by atoms with Gasteiger partial charge in [-0.2, -0.15) is 0 Å². The molecular weight excluding hydrogens is 344 g/mol. The molecular formula is C19H20N6O2. The van der Waals surface area contributed by atoms with Crippen molar-refractivity contribution in [2.75, 3.05) is 16.2 Å². The first kappa shape index (κ1) is 18.1. The van der Waals surface area contributed by atoms with Gasteiger partial charge >= 0.3 is 5.69 Å². The van der Waals surface area contributed by atoms with Crippen LogP contribution in [0.2, 0.25) is 0 Å². The molecule has 8 nitrogen and oxygen atoms in total. The van der Waals surface area contributed by atoms with E-state index in [1.54, 1.807) is 0 Å². The lowest BCUT2D eigenvalue weighted by Crippen LogP contribution is -2.13. The molecule has 0 spiro atoms. The highest BCUT2D eigenvalue weighted by Gasteiger charge is 2.23. The lowest BCUT2D eigenvalue weighted by Gasteiger charge is -2.12. The summed E-state index contributed by atoms with van der Waals surface area (Å²) in [6, 6.07) is 17.0. The van der Waals surface area contributed by atoms with Crippen molar-refractivity contribution in [3.05, 3.63) is 76.6 Å². The largest absolute Gasteiger partial charge is 0.355 e. The van der Waals surface area contributed by atoms with Gasteiger partial charge in [-0.25, -0.2) is 9.97 Å². The van der Waals surface area contributed by atoms with Crippen LogP contribution in [0.4, 0.5) is 28.7 Å². The average Bonchev–Trinajstić information content (AvgIpc) is 2.67. The third kappa shape index (κ3) is 4.49. The van der Waals surface area contributed by atoms with Gasteiger partial charge in [-0.3, -0.25) is 21.0 Å². The SMILES string of the molecule is CC(C)c1ccc(Nc2ncnc(NNc3ccccc3)c2[N+](=O)[O-])cc1. The van der Waals surface area contributed by atoms with E-state index in [4.69, 9.17) is 0 Å². The summed E-state index contributed by atoms with van der Waals surface area (Å²) in [5, 5.41) is 14.6. The number of hydrazine groups is 1. The van der Waals surface area contributed by atoms with E-state index in [0.717, 1.165) is 5.69 Å². The van der Waals surface area contributed by atoms with E-state index in [1.165, 1.54) is 11.9 Å². The Bertz CT molecular complexity index is 913. The number of hydrogen-bond acceptors (Lipinski definition) is 7. The van der Waals surface area contributed by atoms with Crippen LogP contribution in [0, 0.1) is 10.1 Å². The van der Waals surface area contributed by atoms with Crippen LogP contribution in [0.3, 0.4) is 0 Å². The molecule has 0 saturated heterocycles. The van der Waals surface area contributed by atoms with Crippen LogP contribution in [-0.2, 0) is 0 Å². The smallest absolute Gasteiger partial charge is 0.334 e. The van der Waals surface area contributed by atoms with Crippen LogP contribution in [0.1, 0.15) is 25.3 Å². The molecule has 0 aliphatic carbocycles. The van der Waals surface area contributed by atoms with E-state index in [0.29, 0.717) is 11.6 Å². The summed E-state index contributed by atoms with van der Waals surface area (Å²) < 4.78 is 0. The van der Waals surface area contributed by atoms with Crippen molar-refractivity contribution in [3.8, 4) is 0 Å². The summed E-state index contributed by atoms with van der Waals surface area (Å²) in [7, 11) is 0. The monoisotopic (exact) mass is 364 g/mol. The van der Waals surface area contributed by atoms with E-state index >= 15 is 0 Å². The fourth-order valence-corrected chi connectivity index (χ4v) is 2.48. The molecule has 3 aromatic rings. The van der Waals surface area contributed by atoms with Crippen molar-refractivity contribution in [1.29, 1.82) is 0 Å². The first-order chi connectivity index (χ1) is 13.0. The molecule has 8 heteroatoms. The number of nitrogens with zero attached hydrogens (tertiary/aromatic N) is 3. The molecule has 1 aromatic heterocycles. The Morgan fingerprint density at radius 2 is 1.56 bits per heavy atom. The van der Waals surface area contributed by atoms with Crippen LogP contribution < -0.4 is 16.2 Å². The van der Waals surface area contributed by atoms with Gasteiger partial charge in [-0.05, 0) is 35.7 Å². The fraction of sp³-hybridized carbons (Fsp3) is 0.158. The summed E-state index contributed by atoms with van der Waals surface area (Å²) in [6.45, 7) is 4.21. The maximum atomic E-state index is 11.6. The van der Waals surface area contributed by atoms with Crippen molar-refractivity contribution in [3.63, 3.8) is 0 Å². The van der Waals surface area contributed by atoms with Crippen molar-refractivity contribution in [2.45, 2.75) is 19.8 Å². The van der Waals surface area contributed by atoms with E-state index in [1.807, 2.05) is 54.6 Å². The van der Waals surface area contributed by atoms with Crippen LogP contribution in [-0.4, -0.2) is 14.9 Å². The molecule has 0 radical (unpaired) electrons. The number of aromatic nitrogens is 2. The average molecular weight is 364 g/mol. The van der Waals surface area contributed by atoms with Crippen LogP contribution in [0.5, 0.6) is 0 Å². The number of hydrogen-bond donors (Lipinski definition) is 3. The number of anilines is 4. The molecule has 27 heavy (non-hydrogen) atoms. The maximum absolute atomic E-state index is 11.6. The predicted octanol–water partition coefficient (Wildman–Crippen LogP) is 4.69. The van der Waals surface area contributed by atoms with Crippen LogP contribution in [0.15, 0.2) is 60.9 Å². The minimum absolute atomic E-state index is 0.0696. The van der Waals surface area contributed by atoms with Gasteiger partial charge in [0.05, 0.1) is 10.6 Å². The highest BCUT2D eigenvalue weighted by molar-refractivity contribution is 5.74. The van der Waals surface area contributed by atoms with E-state index < -0.39 is 4.92 Å². The van der Waals surface area contributed by atoms with Gasteiger partial charge in [0.2, 0.25) is 11.6 Å². The molecule has 0 bridgehead atoms. The van der Waals surface area contributed by atoms with Crippen LogP contribution >= 0.6 is 0 Å². The van der Waals surface area contributed by atoms with Gasteiger partial charge in [-0.15, -0.1) is 0 Å². The second-order valence-corrected chi connectivity index (χ2v) is 6.19. The highest BCUT2D eigenvalue weighted by atomic mass is 16.6. The number of benzene rings is 2. The summed E-state index contributed by atoms with van der Waals surface area (Å²) in [5.41, 5.74) is 8.08. The van der Waals surface area contributed by atoms with Crippen molar-refractivity contribution >= 4 is 28.7 Å². The number of nitro groups is 1. The molecule has 138 valence electrons. The molecule has 0 fully saturated rings. The molecule has 0 atom stereocenters. The topological polar surface area (TPSA) is 105 Å². The van der Waals surface area contributed by atoms with Gasteiger partial charge in [0, 0.05) is 5.69 Å². The second-order valence-electron chi connectivity index (χ2n) is 6.19. The Kier molecular flexibility index (Phi) is 5.46. The molecule has 0 aliphatic heterocycles. The summed E-state index contributed by atoms with van der Waals surface area (Å²) in [4.78, 5) is 19.1. The molecule has 0 saturated carbocycles. The minimum atomic E-state index is -0.514. The zero-order chi connectivity index (χ0) is 19.2. The Labute approximate surface area is 156 Å². The first-order valence-electron chi connectivity index (χ1n) is 8.48. The fourth-order valence-electron chi connectivity index (χ4n) is 2.48. The third-order valence-corrected chi connectivity index (χ3v) is 3.94. The zero-order valence-corrected chi connectivity index (χ0v) is 15.0. The summed E-state index contributed by atoms with van der Waals surface area (Å²) in [5.74, 6) is 0.595. The molecule has 0 unspecified atom stereocenters. The number of para-hydroxylation sites is 1. The summed E-state index contributed by atoms with van der Waals surface area (Å²) in [6.07, 6.45) is 1.27. The van der Waals surface area contributed by atoms with Crippen molar-refractivity contribution in [1.82, 2.24) is 9.97 Å². The van der Waals surface area contributed by atoms with Gasteiger partial charge < -0.3 is 5.32 Å². The zero-order valence-electron chi connectivity index (χ0n) is 15.0. The predicted molar refractivity (Wildman–Crippen MR) is 106 cm³/mol. The third-order valence-electron chi connectivity index (χ3n) is 3.94. The standard InChI is InChI=1S/C19H20N6O2/c1-13(2)14-8-10-15(11-9-14)22-18-17(25(26)27)19(21-12-20-18)24-23-16-6-4-3-5-7-16/h3-13,23H,1-2H3,(H2,20,21,22,24).